The Hall–Kier alpha value is -0.570. The molecule has 0 bridgehead atoms. The van der Waals surface area contributed by atoms with Crippen LogP contribution >= 0.6 is 0 Å². The van der Waals surface area contributed by atoms with Gasteiger partial charge in [0, 0.05) is 0 Å². The summed E-state index contributed by atoms with van der Waals surface area (Å²) >= 11 is 0. The van der Waals surface area contributed by atoms with E-state index in [0.29, 0.717) is 13.0 Å². The fourth-order valence-corrected chi connectivity index (χ4v) is 2.30. The van der Waals surface area contributed by atoms with Crippen LogP contribution in [-0.2, 0) is 9.53 Å². The highest BCUT2D eigenvalue weighted by Crippen LogP contribution is 2.21. The number of rotatable bonds is 12. The second-order valence-corrected chi connectivity index (χ2v) is 6.11. The van der Waals surface area contributed by atoms with E-state index in [2.05, 4.69) is 13.8 Å². The molecule has 20 heavy (non-hydrogen) atoms. The monoisotopic (exact) mass is 286 g/mol. The van der Waals surface area contributed by atoms with Crippen LogP contribution in [0.2, 0.25) is 0 Å². The third-order valence-electron chi connectivity index (χ3n) is 3.77. The van der Waals surface area contributed by atoms with Gasteiger partial charge in [-0.15, -0.1) is 0 Å². The standard InChI is InChI=1S/C17H34O3/c1-5-7-9-10-12-20-17(19)16(14(3)4)13-15(18)11-8-6-2/h14-16,18H,5-13H2,1-4H3. The minimum atomic E-state index is -0.380. The van der Waals surface area contributed by atoms with E-state index in [9.17, 15) is 9.90 Å². The molecule has 0 spiro atoms. The second kappa shape index (κ2) is 12.2. The molecule has 0 aliphatic rings. The largest absolute Gasteiger partial charge is 0.465 e. The molecule has 0 aromatic carbocycles. The highest BCUT2D eigenvalue weighted by atomic mass is 16.5. The molecule has 0 saturated heterocycles. The Kier molecular flexibility index (Phi) is 11.8. The average molecular weight is 286 g/mol. The lowest BCUT2D eigenvalue weighted by atomic mass is 9.89. The first kappa shape index (κ1) is 19.4. The molecule has 2 unspecified atom stereocenters. The highest BCUT2D eigenvalue weighted by molar-refractivity contribution is 5.72. The number of esters is 1. The van der Waals surface area contributed by atoms with E-state index in [1.807, 2.05) is 13.8 Å². The number of aliphatic hydroxyl groups excluding tert-OH is 1. The van der Waals surface area contributed by atoms with Gasteiger partial charge in [-0.05, 0) is 25.2 Å². The summed E-state index contributed by atoms with van der Waals surface area (Å²) in [6.45, 7) is 8.84. The van der Waals surface area contributed by atoms with Crippen LogP contribution in [0.15, 0.2) is 0 Å². The van der Waals surface area contributed by atoms with Gasteiger partial charge in [0.2, 0.25) is 0 Å². The van der Waals surface area contributed by atoms with Gasteiger partial charge in [-0.2, -0.15) is 0 Å². The Labute approximate surface area is 125 Å². The van der Waals surface area contributed by atoms with Crippen molar-refractivity contribution in [2.75, 3.05) is 6.61 Å². The zero-order valence-electron chi connectivity index (χ0n) is 13.9. The molecule has 0 aromatic rings. The predicted molar refractivity (Wildman–Crippen MR) is 83.6 cm³/mol. The molecule has 1 N–H and O–H groups in total. The van der Waals surface area contributed by atoms with Crippen molar-refractivity contribution in [2.45, 2.75) is 85.2 Å². The zero-order valence-corrected chi connectivity index (χ0v) is 13.9. The Morgan fingerprint density at radius 3 is 2.25 bits per heavy atom. The van der Waals surface area contributed by atoms with Crippen molar-refractivity contribution < 1.29 is 14.6 Å². The summed E-state index contributed by atoms with van der Waals surface area (Å²) in [4.78, 5) is 12.1. The molecule has 0 aliphatic carbocycles. The summed E-state index contributed by atoms with van der Waals surface area (Å²) < 4.78 is 5.37. The van der Waals surface area contributed by atoms with Crippen LogP contribution in [0.1, 0.15) is 79.1 Å². The van der Waals surface area contributed by atoms with Crippen LogP contribution in [0.4, 0.5) is 0 Å². The van der Waals surface area contributed by atoms with Gasteiger partial charge in [0.1, 0.15) is 0 Å². The van der Waals surface area contributed by atoms with Crippen LogP contribution in [0.25, 0.3) is 0 Å². The smallest absolute Gasteiger partial charge is 0.309 e. The second-order valence-electron chi connectivity index (χ2n) is 6.11. The molecule has 0 aromatic heterocycles. The van der Waals surface area contributed by atoms with Gasteiger partial charge in [-0.1, -0.05) is 59.8 Å². The van der Waals surface area contributed by atoms with Crippen molar-refractivity contribution in [1.29, 1.82) is 0 Å². The average Bonchev–Trinajstić information content (AvgIpc) is 2.41. The van der Waals surface area contributed by atoms with Crippen LogP contribution in [0.3, 0.4) is 0 Å². The summed E-state index contributed by atoms with van der Waals surface area (Å²) in [5, 5.41) is 9.98. The van der Waals surface area contributed by atoms with Gasteiger partial charge in [0.15, 0.2) is 0 Å². The van der Waals surface area contributed by atoms with Gasteiger partial charge in [0.25, 0.3) is 0 Å². The van der Waals surface area contributed by atoms with Gasteiger partial charge in [-0.3, -0.25) is 4.79 Å². The van der Waals surface area contributed by atoms with E-state index < -0.39 is 0 Å². The van der Waals surface area contributed by atoms with E-state index in [1.54, 1.807) is 0 Å². The number of carbonyl (C=O) groups excluding carboxylic acids is 1. The van der Waals surface area contributed by atoms with Crippen LogP contribution in [-0.4, -0.2) is 23.8 Å². The van der Waals surface area contributed by atoms with Crippen molar-refractivity contribution >= 4 is 5.97 Å². The molecule has 120 valence electrons. The lowest BCUT2D eigenvalue weighted by Crippen LogP contribution is -2.27. The highest BCUT2D eigenvalue weighted by Gasteiger charge is 2.26. The zero-order chi connectivity index (χ0) is 15.4. The minimum Gasteiger partial charge on any atom is -0.465 e. The summed E-state index contributed by atoms with van der Waals surface area (Å²) in [6, 6.07) is 0. The van der Waals surface area contributed by atoms with Crippen molar-refractivity contribution in [2.24, 2.45) is 11.8 Å². The molecule has 0 rings (SSSR count). The number of hydrogen-bond acceptors (Lipinski definition) is 3. The summed E-state index contributed by atoms with van der Waals surface area (Å²) in [5.41, 5.74) is 0. The molecular weight excluding hydrogens is 252 g/mol. The topological polar surface area (TPSA) is 46.5 Å². The van der Waals surface area contributed by atoms with Gasteiger partial charge < -0.3 is 9.84 Å². The van der Waals surface area contributed by atoms with E-state index in [0.717, 1.165) is 32.1 Å². The molecular formula is C17H34O3. The maximum atomic E-state index is 12.1. The SMILES string of the molecule is CCCCCCOC(=O)C(CC(O)CCCC)C(C)C. The first-order chi connectivity index (χ1) is 9.52. The molecule has 2 atom stereocenters. The van der Waals surface area contributed by atoms with Crippen molar-refractivity contribution in [3.05, 3.63) is 0 Å². The fourth-order valence-electron chi connectivity index (χ4n) is 2.30. The lowest BCUT2D eigenvalue weighted by molar-refractivity contribution is -0.151. The van der Waals surface area contributed by atoms with E-state index >= 15 is 0 Å². The van der Waals surface area contributed by atoms with Crippen molar-refractivity contribution in [3.63, 3.8) is 0 Å². The van der Waals surface area contributed by atoms with Crippen LogP contribution < -0.4 is 0 Å². The van der Waals surface area contributed by atoms with Gasteiger partial charge >= 0.3 is 5.97 Å². The lowest BCUT2D eigenvalue weighted by Gasteiger charge is -2.22. The van der Waals surface area contributed by atoms with Crippen molar-refractivity contribution in [1.82, 2.24) is 0 Å². The molecule has 0 amide bonds. The Balaban J connectivity index is 4.06. The number of ether oxygens (including phenoxy) is 1. The Morgan fingerprint density at radius 1 is 1.05 bits per heavy atom. The van der Waals surface area contributed by atoms with Gasteiger partial charge in [-0.25, -0.2) is 0 Å². The number of aliphatic hydroxyl groups is 1. The Bertz CT molecular complexity index is 238. The summed E-state index contributed by atoms with van der Waals surface area (Å²) in [7, 11) is 0. The molecule has 3 heteroatoms. The fraction of sp³-hybridized carbons (Fsp3) is 0.941. The molecule has 0 radical (unpaired) electrons. The molecule has 3 nitrogen and oxygen atoms in total. The minimum absolute atomic E-state index is 0.132. The molecule has 0 aliphatic heterocycles. The normalized spacial score (nSPS) is 14.3. The predicted octanol–water partition coefficient (Wildman–Crippen LogP) is 4.32. The van der Waals surface area contributed by atoms with Crippen LogP contribution in [0.5, 0.6) is 0 Å². The third kappa shape index (κ3) is 9.35. The van der Waals surface area contributed by atoms with E-state index in [-0.39, 0.29) is 23.9 Å². The molecule has 0 fully saturated rings. The Morgan fingerprint density at radius 2 is 1.70 bits per heavy atom. The molecule has 0 saturated carbocycles. The van der Waals surface area contributed by atoms with Crippen molar-refractivity contribution in [3.8, 4) is 0 Å². The van der Waals surface area contributed by atoms with E-state index in [1.165, 1.54) is 12.8 Å². The summed E-state index contributed by atoms with van der Waals surface area (Å²) in [6.07, 6.45) is 7.47. The summed E-state index contributed by atoms with van der Waals surface area (Å²) in [5.74, 6) is -0.0884. The first-order valence-electron chi connectivity index (χ1n) is 8.37. The maximum Gasteiger partial charge on any atom is 0.309 e. The number of hydrogen-bond donors (Lipinski definition) is 1. The first-order valence-corrected chi connectivity index (χ1v) is 8.37. The van der Waals surface area contributed by atoms with Gasteiger partial charge in [0.05, 0.1) is 18.6 Å². The number of carbonyl (C=O) groups is 1. The molecule has 0 heterocycles. The third-order valence-corrected chi connectivity index (χ3v) is 3.77. The van der Waals surface area contributed by atoms with Crippen LogP contribution in [0, 0.1) is 11.8 Å². The maximum absolute atomic E-state index is 12.1. The number of unbranched alkanes of at least 4 members (excludes halogenated alkanes) is 4. The van der Waals surface area contributed by atoms with E-state index in [4.69, 9.17) is 4.74 Å². The quantitative estimate of drug-likeness (QED) is 0.429.